The fourth-order valence-corrected chi connectivity index (χ4v) is 5.92. The van der Waals surface area contributed by atoms with Crippen LogP contribution < -0.4 is 5.56 Å². The van der Waals surface area contributed by atoms with Crippen molar-refractivity contribution in [3.05, 3.63) is 81.5 Å². The number of benzene rings is 2. The number of hydrogen-bond acceptors (Lipinski definition) is 4. The molecule has 4 aromatic rings. The Hall–Kier alpha value is -3.28. The van der Waals surface area contributed by atoms with Crippen molar-refractivity contribution in [3.8, 4) is 5.95 Å². The molecule has 0 aliphatic carbocycles. The van der Waals surface area contributed by atoms with Gasteiger partial charge >= 0.3 is 0 Å². The van der Waals surface area contributed by atoms with Crippen molar-refractivity contribution in [2.75, 3.05) is 27.2 Å². The van der Waals surface area contributed by atoms with E-state index in [4.69, 9.17) is 0 Å². The van der Waals surface area contributed by atoms with Crippen molar-refractivity contribution >= 4 is 21.2 Å². The zero-order valence-electron chi connectivity index (χ0n) is 20.2. The summed E-state index contributed by atoms with van der Waals surface area (Å²) >= 11 is 0. The van der Waals surface area contributed by atoms with Crippen molar-refractivity contribution in [2.24, 2.45) is 0 Å². The number of hydrogen-bond donors (Lipinski definition) is 2. The first-order chi connectivity index (χ1) is 17.2. The van der Waals surface area contributed by atoms with E-state index >= 15 is 0 Å². The van der Waals surface area contributed by atoms with Crippen molar-refractivity contribution < 1.29 is 12.8 Å². The predicted octanol–water partition coefficient (Wildman–Crippen LogP) is 2.95. The Morgan fingerprint density at radius 3 is 2.42 bits per heavy atom. The lowest BCUT2D eigenvalue weighted by molar-refractivity contribution is 0.299. The summed E-state index contributed by atoms with van der Waals surface area (Å²) in [6.45, 7) is 0.751. The van der Waals surface area contributed by atoms with E-state index in [2.05, 4.69) is 15.1 Å². The summed E-state index contributed by atoms with van der Waals surface area (Å²) in [5.41, 5.74) is 3.79. The lowest BCUT2D eigenvalue weighted by atomic mass is 9.90. The van der Waals surface area contributed by atoms with Gasteiger partial charge in [0.15, 0.2) is 0 Å². The van der Waals surface area contributed by atoms with Gasteiger partial charge in [-0.15, -0.1) is 0 Å². The van der Waals surface area contributed by atoms with E-state index in [1.54, 1.807) is 12.1 Å². The highest BCUT2D eigenvalue weighted by molar-refractivity contribution is 7.86. The molecule has 5 rings (SSSR count). The molecule has 11 heteroatoms. The Morgan fingerprint density at radius 2 is 1.75 bits per heavy atom. The lowest BCUT2D eigenvalue weighted by Gasteiger charge is -2.32. The molecule has 36 heavy (non-hydrogen) atoms. The normalized spacial score (nSPS) is 15.8. The summed E-state index contributed by atoms with van der Waals surface area (Å²) in [5.74, 6) is 0.107. The van der Waals surface area contributed by atoms with Gasteiger partial charge in [-0.05, 0) is 55.5 Å². The van der Waals surface area contributed by atoms with E-state index in [-0.39, 0.29) is 17.3 Å². The minimum absolute atomic E-state index is 0.000147. The van der Waals surface area contributed by atoms with E-state index in [9.17, 15) is 17.6 Å². The first kappa shape index (κ1) is 24.4. The summed E-state index contributed by atoms with van der Waals surface area (Å²) in [5, 5.41) is 3.29. The fourth-order valence-electron chi connectivity index (χ4n) is 4.79. The first-order valence-electron chi connectivity index (χ1n) is 11.9. The molecule has 0 bridgehead atoms. The summed E-state index contributed by atoms with van der Waals surface area (Å²) < 4.78 is 42.6. The number of fused-ring (bicyclic) bond motifs is 1. The third-order valence-corrected chi connectivity index (χ3v) is 8.77. The van der Waals surface area contributed by atoms with Crippen LogP contribution in [0, 0.1) is 5.82 Å². The average molecular weight is 513 g/mol. The second-order valence-electron chi connectivity index (χ2n) is 9.31. The van der Waals surface area contributed by atoms with E-state index in [1.807, 2.05) is 24.3 Å². The molecule has 1 aliphatic rings. The number of rotatable bonds is 7. The van der Waals surface area contributed by atoms with Gasteiger partial charge in [0, 0.05) is 44.4 Å². The molecule has 1 aliphatic heterocycles. The van der Waals surface area contributed by atoms with E-state index in [1.165, 1.54) is 39.5 Å². The van der Waals surface area contributed by atoms with Crippen LogP contribution in [0.3, 0.4) is 0 Å². The van der Waals surface area contributed by atoms with Crippen LogP contribution in [0.15, 0.2) is 53.3 Å². The molecule has 1 fully saturated rings. The van der Waals surface area contributed by atoms with Gasteiger partial charge in [0.05, 0.1) is 11.0 Å². The third-order valence-electron chi connectivity index (χ3n) is 6.83. The number of piperidine rings is 1. The van der Waals surface area contributed by atoms with Crippen LogP contribution in [0.25, 0.3) is 17.0 Å². The van der Waals surface area contributed by atoms with Gasteiger partial charge < -0.3 is 4.98 Å². The Bertz CT molecular complexity index is 1500. The Labute approximate surface area is 208 Å². The number of imidazole rings is 1. The summed E-state index contributed by atoms with van der Waals surface area (Å²) in [6.07, 6.45) is 2.24. The van der Waals surface area contributed by atoms with Crippen LogP contribution in [0.4, 0.5) is 4.39 Å². The molecular weight excluding hydrogens is 483 g/mol. The molecule has 1 saturated heterocycles. The molecule has 2 aromatic heterocycles. The molecule has 9 nitrogen and oxygen atoms in total. The number of aromatic nitrogens is 4. The van der Waals surface area contributed by atoms with Crippen molar-refractivity contribution in [2.45, 2.75) is 31.6 Å². The monoisotopic (exact) mass is 512 g/mol. The second kappa shape index (κ2) is 9.64. The number of para-hydroxylation sites is 2. The minimum Gasteiger partial charge on any atom is -0.322 e. The maximum Gasteiger partial charge on any atom is 0.281 e. The van der Waals surface area contributed by atoms with Crippen LogP contribution >= 0.6 is 0 Å². The smallest absolute Gasteiger partial charge is 0.281 e. The SMILES string of the molecule is CN(C)S(=O)(=O)N1CCC(c2[nH]n(-c3nc4ccccc4[nH]3)c(=O)c2CCc2ccc(F)cc2)CC1. The summed E-state index contributed by atoms with van der Waals surface area (Å²) in [6, 6.07) is 13.9. The van der Waals surface area contributed by atoms with E-state index in [0.717, 1.165) is 22.3 Å². The Morgan fingerprint density at radius 1 is 1.06 bits per heavy atom. The largest absolute Gasteiger partial charge is 0.322 e. The molecule has 190 valence electrons. The molecule has 3 heterocycles. The molecule has 0 atom stereocenters. The number of aromatic amines is 2. The van der Waals surface area contributed by atoms with Gasteiger partial charge in [0.25, 0.3) is 15.8 Å². The van der Waals surface area contributed by atoms with Gasteiger partial charge in [-0.1, -0.05) is 24.3 Å². The van der Waals surface area contributed by atoms with Crippen molar-refractivity contribution in [1.82, 2.24) is 28.4 Å². The molecule has 0 unspecified atom stereocenters. The quantitative estimate of drug-likeness (QED) is 0.397. The summed E-state index contributed by atoms with van der Waals surface area (Å²) in [4.78, 5) is 21.4. The number of halogens is 1. The molecule has 0 saturated carbocycles. The van der Waals surface area contributed by atoms with Crippen molar-refractivity contribution in [1.29, 1.82) is 0 Å². The van der Waals surface area contributed by atoms with E-state index < -0.39 is 10.2 Å². The minimum atomic E-state index is -3.48. The molecule has 2 N–H and O–H groups in total. The van der Waals surface area contributed by atoms with Crippen LogP contribution in [-0.4, -0.2) is 64.0 Å². The second-order valence-corrected chi connectivity index (χ2v) is 11.5. The standard InChI is InChI=1S/C25H29FN6O3S/c1-30(2)36(34,35)31-15-13-18(14-16-31)23-20(12-9-17-7-10-19(26)11-8-17)24(33)32(29-23)25-27-21-5-3-4-6-22(21)28-25/h3-8,10-11,18,29H,9,12-16H2,1-2H3,(H,27,28). The Balaban J connectivity index is 1.47. The molecule has 0 amide bonds. The van der Waals surface area contributed by atoms with Gasteiger partial charge in [-0.2, -0.15) is 21.7 Å². The average Bonchev–Trinajstić information content (AvgIpc) is 3.44. The highest BCUT2D eigenvalue weighted by atomic mass is 32.2. The highest BCUT2D eigenvalue weighted by Gasteiger charge is 2.32. The third kappa shape index (κ3) is 4.61. The zero-order valence-corrected chi connectivity index (χ0v) is 21.1. The Kier molecular flexibility index (Phi) is 6.54. The molecule has 0 radical (unpaired) electrons. The predicted molar refractivity (Wildman–Crippen MR) is 136 cm³/mol. The van der Waals surface area contributed by atoms with E-state index in [0.29, 0.717) is 50.3 Å². The summed E-state index contributed by atoms with van der Waals surface area (Å²) in [7, 11) is -0.427. The maximum absolute atomic E-state index is 13.6. The number of H-pyrrole nitrogens is 2. The lowest BCUT2D eigenvalue weighted by Crippen LogP contribution is -2.44. The van der Waals surface area contributed by atoms with Gasteiger partial charge in [-0.25, -0.2) is 9.37 Å². The molecule has 2 aromatic carbocycles. The maximum atomic E-state index is 13.6. The van der Waals surface area contributed by atoms with Gasteiger partial charge in [0.2, 0.25) is 5.95 Å². The molecule has 0 spiro atoms. The zero-order chi connectivity index (χ0) is 25.4. The fraction of sp³-hybridized carbons (Fsp3) is 0.360. The number of aryl methyl sites for hydroxylation is 1. The first-order valence-corrected chi connectivity index (χ1v) is 13.3. The van der Waals surface area contributed by atoms with Crippen LogP contribution in [0.1, 0.15) is 35.6 Å². The van der Waals surface area contributed by atoms with Crippen LogP contribution in [0.2, 0.25) is 0 Å². The highest BCUT2D eigenvalue weighted by Crippen LogP contribution is 2.30. The van der Waals surface area contributed by atoms with Crippen molar-refractivity contribution in [3.63, 3.8) is 0 Å². The topological polar surface area (TPSA) is 107 Å². The number of nitrogens with one attached hydrogen (secondary N) is 2. The van der Waals surface area contributed by atoms with Gasteiger partial charge in [0.1, 0.15) is 5.82 Å². The van der Waals surface area contributed by atoms with Gasteiger partial charge in [-0.3, -0.25) is 9.89 Å². The van der Waals surface area contributed by atoms with Crippen LogP contribution in [-0.2, 0) is 23.1 Å². The van der Waals surface area contributed by atoms with Crippen LogP contribution in [0.5, 0.6) is 0 Å². The number of nitrogens with zero attached hydrogens (tertiary/aromatic N) is 4. The molecular formula is C25H29FN6O3S.